The van der Waals surface area contributed by atoms with E-state index >= 15 is 0 Å². The number of benzene rings is 1. The van der Waals surface area contributed by atoms with Gasteiger partial charge in [-0.05, 0) is 18.1 Å². The number of aromatic nitrogens is 1. The average Bonchev–Trinajstić information content (AvgIpc) is 2.73. The standard InChI is InChI=1S/C12H13NOS/c1-7-10(11(7)14-2)12-13-8-5-3-4-6-9(8)15-12/h3-7,10-11H,1-2H3. The fourth-order valence-electron chi connectivity index (χ4n) is 2.19. The van der Waals surface area contributed by atoms with E-state index in [9.17, 15) is 0 Å². The van der Waals surface area contributed by atoms with Crippen LogP contribution in [-0.2, 0) is 4.74 Å². The molecule has 0 aliphatic heterocycles. The maximum absolute atomic E-state index is 5.40. The summed E-state index contributed by atoms with van der Waals surface area (Å²) in [6.07, 6.45) is 0.380. The Labute approximate surface area is 92.9 Å². The summed E-state index contributed by atoms with van der Waals surface area (Å²) in [7, 11) is 1.79. The van der Waals surface area contributed by atoms with E-state index < -0.39 is 0 Å². The fourth-order valence-corrected chi connectivity index (χ4v) is 3.40. The smallest absolute Gasteiger partial charge is 0.0999 e. The summed E-state index contributed by atoms with van der Waals surface area (Å²) in [5.74, 6) is 1.14. The van der Waals surface area contributed by atoms with Crippen LogP contribution in [0.5, 0.6) is 0 Å². The largest absolute Gasteiger partial charge is 0.380 e. The highest BCUT2D eigenvalue weighted by molar-refractivity contribution is 7.18. The molecule has 1 aliphatic rings. The Hall–Kier alpha value is -0.930. The number of nitrogens with zero attached hydrogens (tertiary/aromatic N) is 1. The highest BCUT2D eigenvalue weighted by Crippen LogP contribution is 2.50. The Kier molecular flexibility index (Phi) is 2.04. The van der Waals surface area contributed by atoms with Crippen LogP contribution in [-0.4, -0.2) is 18.2 Å². The van der Waals surface area contributed by atoms with E-state index in [0.29, 0.717) is 17.9 Å². The van der Waals surface area contributed by atoms with E-state index in [4.69, 9.17) is 4.74 Å². The van der Waals surface area contributed by atoms with Crippen LogP contribution in [0.3, 0.4) is 0 Å². The zero-order valence-corrected chi connectivity index (χ0v) is 9.62. The topological polar surface area (TPSA) is 22.1 Å². The number of hydrogen-bond donors (Lipinski definition) is 0. The van der Waals surface area contributed by atoms with Gasteiger partial charge in [0.2, 0.25) is 0 Å². The molecule has 1 saturated carbocycles. The van der Waals surface area contributed by atoms with Crippen molar-refractivity contribution >= 4 is 21.6 Å². The number of methoxy groups -OCH3 is 1. The monoisotopic (exact) mass is 219 g/mol. The zero-order chi connectivity index (χ0) is 10.4. The third-order valence-electron chi connectivity index (χ3n) is 3.17. The van der Waals surface area contributed by atoms with E-state index in [2.05, 4.69) is 30.1 Å². The molecule has 0 radical (unpaired) electrons. The van der Waals surface area contributed by atoms with Gasteiger partial charge in [0.25, 0.3) is 0 Å². The number of ether oxygens (including phenoxy) is 1. The molecule has 0 N–H and O–H groups in total. The first-order valence-electron chi connectivity index (χ1n) is 5.19. The van der Waals surface area contributed by atoms with Crippen LogP contribution >= 0.6 is 11.3 Å². The molecule has 0 bridgehead atoms. The zero-order valence-electron chi connectivity index (χ0n) is 8.81. The van der Waals surface area contributed by atoms with Crippen molar-refractivity contribution in [2.45, 2.75) is 18.9 Å². The van der Waals surface area contributed by atoms with Gasteiger partial charge < -0.3 is 4.74 Å². The van der Waals surface area contributed by atoms with Gasteiger partial charge in [0.1, 0.15) is 0 Å². The van der Waals surface area contributed by atoms with Gasteiger partial charge in [-0.1, -0.05) is 19.1 Å². The van der Waals surface area contributed by atoms with Crippen LogP contribution in [0.1, 0.15) is 17.8 Å². The molecule has 15 heavy (non-hydrogen) atoms. The van der Waals surface area contributed by atoms with Crippen molar-refractivity contribution < 1.29 is 4.74 Å². The van der Waals surface area contributed by atoms with Crippen molar-refractivity contribution in [3.8, 4) is 0 Å². The molecule has 1 fully saturated rings. The lowest BCUT2D eigenvalue weighted by atomic mass is 10.3. The first-order chi connectivity index (χ1) is 7.31. The summed E-state index contributed by atoms with van der Waals surface area (Å²) in [6, 6.07) is 8.31. The molecule has 3 atom stereocenters. The van der Waals surface area contributed by atoms with E-state index in [0.717, 1.165) is 5.52 Å². The van der Waals surface area contributed by atoms with E-state index in [-0.39, 0.29) is 0 Å². The second kappa shape index (κ2) is 3.29. The highest BCUT2D eigenvalue weighted by Gasteiger charge is 2.50. The molecule has 0 amide bonds. The summed E-state index contributed by atoms with van der Waals surface area (Å²) in [6.45, 7) is 2.23. The molecule has 1 aromatic heterocycles. The summed E-state index contributed by atoms with van der Waals surface area (Å²) in [5.41, 5.74) is 1.12. The van der Waals surface area contributed by atoms with Crippen LogP contribution in [0.2, 0.25) is 0 Å². The van der Waals surface area contributed by atoms with Crippen molar-refractivity contribution in [3.63, 3.8) is 0 Å². The Morgan fingerprint density at radius 3 is 2.80 bits per heavy atom. The highest BCUT2D eigenvalue weighted by atomic mass is 32.1. The number of hydrogen-bond acceptors (Lipinski definition) is 3. The molecule has 3 rings (SSSR count). The molecule has 3 heteroatoms. The van der Waals surface area contributed by atoms with Gasteiger partial charge in [0, 0.05) is 13.0 Å². The molecule has 1 heterocycles. The maximum atomic E-state index is 5.40. The minimum absolute atomic E-state index is 0.380. The molecular weight excluding hydrogens is 206 g/mol. The van der Waals surface area contributed by atoms with Crippen LogP contribution < -0.4 is 0 Å². The molecule has 1 aliphatic carbocycles. The lowest BCUT2D eigenvalue weighted by Crippen LogP contribution is -1.90. The van der Waals surface area contributed by atoms with Gasteiger partial charge in [-0.2, -0.15) is 0 Å². The van der Waals surface area contributed by atoms with Crippen molar-refractivity contribution in [1.82, 2.24) is 4.98 Å². The summed E-state index contributed by atoms with van der Waals surface area (Å²) >= 11 is 1.80. The van der Waals surface area contributed by atoms with Crippen LogP contribution in [0.15, 0.2) is 24.3 Å². The molecule has 1 aromatic carbocycles. The molecule has 2 aromatic rings. The third-order valence-corrected chi connectivity index (χ3v) is 4.30. The first-order valence-corrected chi connectivity index (χ1v) is 6.01. The maximum Gasteiger partial charge on any atom is 0.0999 e. The lowest BCUT2D eigenvalue weighted by Gasteiger charge is -1.90. The van der Waals surface area contributed by atoms with E-state index in [1.807, 2.05) is 6.07 Å². The number of fused-ring (bicyclic) bond motifs is 1. The summed E-state index contributed by atoms with van der Waals surface area (Å²) in [5, 5.41) is 1.23. The van der Waals surface area contributed by atoms with Crippen LogP contribution in [0.4, 0.5) is 0 Å². The molecule has 2 nitrogen and oxygen atoms in total. The van der Waals surface area contributed by atoms with Crippen molar-refractivity contribution in [1.29, 1.82) is 0 Å². The van der Waals surface area contributed by atoms with Gasteiger partial charge >= 0.3 is 0 Å². The predicted molar refractivity (Wildman–Crippen MR) is 62.3 cm³/mol. The van der Waals surface area contributed by atoms with Gasteiger partial charge in [-0.15, -0.1) is 11.3 Å². The van der Waals surface area contributed by atoms with Crippen molar-refractivity contribution in [2.24, 2.45) is 5.92 Å². The second-order valence-corrected chi connectivity index (χ2v) is 5.17. The van der Waals surface area contributed by atoms with Gasteiger partial charge in [-0.25, -0.2) is 4.98 Å². The summed E-state index contributed by atoms with van der Waals surface area (Å²) in [4.78, 5) is 4.66. The Morgan fingerprint density at radius 1 is 1.33 bits per heavy atom. The Bertz CT molecular complexity index is 460. The summed E-state index contributed by atoms with van der Waals surface area (Å²) < 4.78 is 6.68. The number of rotatable bonds is 2. The van der Waals surface area contributed by atoms with Crippen LogP contribution in [0.25, 0.3) is 10.2 Å². The molecule has 3 unspecified atom stereocenters. The molecule has 0 spiro atoms. The van der Waals surface area contributed by atoms with E-state index in [1.54, 1.807) is 18.4 Å². The molecule has 78 valence electrons. The number of thiazole rings is 1. The third kappa shape index (κ3) is 1.38. The quantitative estimate of drug-likeness (QED) is 0.774. The molecule has 0 saturated heterocycles. The Morgan fingerprint density at radius 2 is 2.13 bits per heavy atom. The van der Waals surface area contributed by atoms with Gasteiger partial charge in [0.15, 0.2) is 0 Å². The average molecular weight is 219 g/mol. The minimum Gasteiger partial charge on any atom is -0.380 e. The van der Waals surface area contributed by atoms with E-state index in [1.165, 1.54) is 9.71 Å². The molecular formula is C12H13NOS. The van der Waals surface area contributed by atoms with Crippen molar-refractivity contribution in [3.05, 3.63) is 29.3 Å². The lowest BCUT2D eigenvalue weighted by molar-refractivity contribution is 0.168. The minimum atomic E-state index is 0.380. The second-order valence-electron chi connectivity index (χ2n) is 4.11. The Balaban J connectivity index is 1.99. The van der Waals surface area contributed by atoms with Gasteiger partial charge in [-0.3, -0.25) is 0 Å². The predicted octanol–water partition coefficient (Wildman–Crippen LogP) is 3.04. The normalized spacial score (nSPS) is 29.6. The first kappa shape index (κ1) is 9.31. The number of para-hydroxylation sites is 1. The van der Waals surface area contributed by atoms with Crippen LogP contribution in [0, 0.1) is 5.92 Å². The van der Waals surface area contributed by atoms with Crippen molar-refractivity contribution in [2.75, 3.05) is 7.11 Å². The fraction of sp³-hybridized carbons (Fsp3) is 0.417. The van der Waals surface area contributed by atoms with Gasteiger partial charge in [0.05, 0.1) is 21.3 Å². The SMILES string of the molecule is COC1C(C)C1c1nc2ccccc2s1.